The van der Waals surface area contributed by atoms with Gasteiger partial charge in [0.25, 0.3) is 11.5 Å². The van der Waals surface area contributed by atoms with Crippen molar-refractivity contribution in [3.63, 3.8) is 0 Å². The first-order valence-electron chi connectivity index (χ1n) is 12.0. The number of hydrogen-bond acceptors (Lipinski definition) is 6. The number of nitrogens with zero attached hydrogens (tertiary/aromatic N) is 2. The molecule has 8 nitrogen and oxygen atoms in total. The number of para-hydroxylation sites is 1. The van der Waals surface area contributed by atoms with E-state index >= 15 is 0 Å². The van der Waals surface area contributed by atoms with E-state index in [2.05, 4.69) is 15.6 Å². The summed E-state index contributed by atoms with van der Waals surface area (Å²) in [5.74, 6) is -0.130. The molecule has 2 aromatic carbocycles. The summed E-state index contributed by atoms with van der Waals surface area (Å²) >= 11 is 0. The summed E-state index contributed by atoms with van der Waals surface area (Å²) in [6, 6.07) is 10.5. The zero-order valence-electron chi connectivity index (χ0n) is 20.5. The number of epoxide rings is 1. The molecule has 2 heterocycles. The molecule has 0 bridgehead atoms. The molecule has 0 radical (unpaired) electrons. The fourth-order valence-electron chi connectivity index (χ4n) is 4.05. The van der Waals surface area contributed by atoms with Crippen molar-refractivity contribution in [1.82, 2.24) is 14.9 Å². The second-order valence-electron chi connectivity index (χ2n) is 9.81. The third kappa shape index (κ3) is 5.11. The number of amides is 1. The van der Waals surface area contributed by atoms with Crippen LogP contribution in [0.2, 0.25) is 0 Å². The second kappa shape index (κ2) is 9.39. The molecule has 1 saturated carbocycles. The zero-order chi connectivity index (χ0) is 25.4. The Hall–Kier alpha value is -3.72. The molecule has 1 aliphatic heterocycles. The van der Waals surface area contributed by atoms with Crippen LogP contribution in [0.4, 0.5) is 10.2 Å². The zero-order valence-corrected chi connectivity index (χ0v) is 20.5. The smallest absolute Gasteiger partial charge is 0.297 e. The minimum absolute atomic E-state index is 0.0930. The molecule has 9 heteroatoms. The van der Waals surface area contributed by atoms with Gasteiger partial charge in [-0.25, -0.2) is 9.37 Å². The minimum Gasteiger partial charge on any atom is -0.490 e. The van der Waals surface area contributed by atoms with E-state index in [4.69, 9.17) is 9.47 Å². The average Bonchev–Trinajstić information content (AvgIpc) is 3.77. The predicted octanol–water partition coefficient (Wildman–Crippen LogP) is 3.70. The molecule has 5 rings (SSSR count). The summed E-state index contributed by atoms with van der Waals surface area (Å²) < 4.78 is 27.3. The fourth-order valence-corrected chi connectivity index (χ4v) is 4.05. The van der Waals surface area contributed by atoms with Crippen LogP contribution in [0.15, 0.2) is 53.6 Å². The van der Waals surface area contributed by atoms with Gasteiger partial charge in [-0.3, -0.25) is 14.2 Å². The monoisotopic (exact) mass is 492 g/mol. The largest absolute Gasteiger partial charge is 0.490 e. The standard InChI is InChI=1S/C27H29FN4O4/c1-16-21(28)12-17(25(33)30-18-8-9-18)13-22(16)32-11-10-29-24(26(32)34)31-27(2,3)20-6-4-5-7-23(20)36-15-19-14-35-19/h4-7,10-13,18-19H,8-9,14-15H2,1-3H3,(H,29,31)(H,30,33)/t19-/m1/s1. The van der Waals surface area contributed by atoms with E-state index in [9.17, 15) is 14.0 Å². The molecule has 1 saturated heterocycles. The van der Waals surface area contributed by atoms with Gasteiger partial charge in [-0.1, -0.05) is 18.2 Å². The van der Waals surface area contributed by atoms with Crippen LogP contribution in [-0.2, 0) is 10.3 Å². The molecular formula is C27H29FN4O4. The summed E-state index contributed by atoms with van der Waals surface area (Å²) in [6.45, 7) is 6.58. The summed E-state index contributed by atoms with van der Waals surface area (Å²) in [6.07, 6.45) is 4.90. The topological polar surface area (TPSA) is 97.8 Å². The van der Waals surface area contributed by atoms with Gasteiger partial charge in [0.1, 0.15) is 24.3 Å². The van der Waals surface area contributed by atoms with Crippen LogP contribution in [0.5, 0.6) is 5.75 Å². The van der Waals surface area contributed by atoms with Crippen LogP contribution < -0.4 is 20.9 Å². The van der Waals surface area contributed by atoms with Crippen molar-refractivity contribution in [2.24, 2.45) is 0 Å². The highest BCUT2D eigenvalue weighted by atomic mass is 19.1. The number of hydrogen-bond donors (Lipinski definition) is 2. The first kappa shape index (κ1) is 24.0. The SMILES string of the molecule is Cc1c(F)cc(C(=O)NC2CC2)cc1-n1ccnc(NC(C)(C)c2ccccc2OC[C@H]2CO2)c1=O. The minimum atomic E-state index is -0.724. The van der Waals surface area contributed by atoms with Gasteiger partial charge >= 0.3 is 0 Å². The van der Waals surface area contributed by atoms with E-state index in [1.165, 1.54) is 29.1 Å². The first-order valence-corrected chi connectivity index (χ1v) is 12.0. The van der Waals surface area contributed by atoms with Crippen molar-refractivity contribution < 1.29 is 18.7 Å². The maximum atomic E-state index is 14.8. The van der Waals surface area contributed by atoms with E-state index in [-0.39, 0.29) is 40.7 Å². The van der Waals surface area contributed by atoms with Crippen LogP contribution in [0, 0.1) is 12.7 Å². The van der Waals surface area contributed by atoms with Gasteiger partial charge in [-0.05, 0) is 51.8 Å². The van der Waals surface area contributed by atoms with Gasteiger partial charge in [0.2, 0.25) is 0 Å². The lowest BCUT2D eigenvalue weighted by atomic mass is 9.93. The molecule has 1 amide bonds. The molecule has 188 valence electrons. The quantitative estimate of drug-likeness (QED) is 0.442. The molecule has 3 aromatic rings. The molecule has 2 fully saturated rings. The Balaban J connectivity index is 1.46. The molecule has 2 aliphatic rings. The summed E-state index contributed by atoms with van der Waals surface area (Å²) in [5, 5.41) is 6.09. The van der Waals surface area contributed by atoms with E-state index in [0.717, 1.165) is 18.4 Å². The molecule has 0 unspecified atom stereocenters. The molecule has 0 spiro atoms. The summed E-state index contributed by atoms with van der Waals surface area (Å²) in [4.78, 5) is 30.3. The van der Waals surface area contributed by atoms with Crippen molar-refractivity contribution in [3.8, 4) is 11.4 Å². The highest BCUT2D eigenvalue weighted by Crippen LogP contribution is 2.32. The Morgan fingerprint density at radius 3 is 2.75 bits per heavy atom. The number of nitrogens with one attached hydrogen (secondary N) is 2. The molecule has 1 aliphatic carbocycles. The molecule has 2 N–H and O–H groups in total. The fraction of sp³-hybridized carbons (Fsp3) is 0.370. The van der Waals surface area contributed by atoms with E-state index in [1.54, 1.807) is 6.92 Å². The lowest BCUT2D eigenvalue weighted by molar-refractivity contribution is 0.0950. The second-order valence-corrected chi connectivity index (χ2v) is 9.81. The maximum absolute atomic E-state index is 14.8. The van der Waals surface area contributed by atoms with E-state index < -0.39 is 16.9 Å². The number of carbonyl (C=O) groups excluding carboxylic acids is 1. The Bertz CT molecular complexity index is 1360. The third-order valence-corrected chi connectivity index (χ3v) is 6.41. The van der Waals surface area contributed by atoms with Crippen molar-refractivity contribution in [3.05, 3.63) is 81.7 Å². The highest BCUT2D eigenvalue weighted by Gasteiger charge is 2.29. The van der Waals surface area contributed by atoms with E-state index in [1.807, 2.05) is 38.1 Å². The van der Waals surface area contributed by atoms with Gasteiger partial charge in [0, 0.05) is 35.1 Å². The summed E-state index contributed by atoms with van der Waals surface area (Å²) in [7, 11) is 0. The van der Waals surface area contributed by atoms with E-state index in [0.29, 0.717) is 19.0 Å². The normalized spacial score (nSPS) is 16.9. The van der Waals surface area contributed by atoms with Crippen LogP contribution in [0.1, 0.15) is 48.2 Å². The number of rotatable bonds is 9. The number of anilines is 1. The van der Waals surface area contributed by atoms with Gasteiger partial charge in [0.15, 0.2) is 5.82 Å². The lowest BCUT2D eigenvalue weighted by Crippen LogP contribution is -2.34. The predicted molar refractivity (Wildman–Crippen MR) is 133 cm³/mol. The first-order chi connectivity index (χ1) is 17.2. The summed E-state index contributed by atoms with van der Waals surface area (Å²) in [5.41, 5.74) is 0.388. The van der Waals surface area contributed by atoms with Gasteiger partial charge in [-0.2, -0.15) is 0 Å². The average molecular weight is 493 g/mol. The van der Waals surface area contributed by atoms with Crippen molar-refractivity contribution >= 4 is 11.7 Å². The number of carbonyl (C=O) groups is 1. The van der Waals surface area contributed by atoms with Crippen molar-refractivity contribution in [2.45, 2.75) is 51.3 Å². The van der Waals surface area contributed by atoms with Gasteiger partial charge in [-0.15, -0.1) is 0 Å². The maximum Gasteiger partial charge on any atom is 0.297 e. The van der Waals surface area contributed by atoms with Crippen LogP contribution in [0.25, 0.3) is 5.69 Å². The Morgan fingerprint density at radius 2 is 2.03 bits per heavy atom. The highest BCUT2D eigenvalue weighted by molar-refractivity contribution is 5.95. The molecular weight excluding hydrogens is 463 g/mol. The molecule has 36 heavy (non-hydrogen) atoms. The van der Waals surface area contributed by atoms with Crippen molar-refractivity contribution in [1.29, 1.82) is 0 Å². The third-order valence-electron chi connectivity index (χ3n) is 6.41. The number of aromatic nitrogens is 2. The lowest BCUT2D eigenvalue weighted by Gasteiger charge is -2.29. The Morgan fingerprint density at radius 1 is 1.28 bits per heavy atom. The Kier molecular flexibility index (Phi) is 6.26. The number of halogens is 1. The van der Waals surface area contributed by atoms with Crippen LogP contribution in [0.3, 0.4) is 0 Å². The molecule has 1 aromatic heterocycles. The van der Waals surface area contributed by atoms with Crippen LogP contribution in [-0.4, -0.2) is 40.8 Å². The van der Waals surface area contributed by atoms with Crippen LogP contribution >= 0.6 is 0 Å². The van der Waals surface area contributed by atoms with Gasteiger partial charge < -0.3 is 20.1 Å². The number of ether oxygens (including phenoxy) is 2. The van der Waals surface area contributed by atoms with Crippen molar-refractivity contribution in [2.75, 3.05) is 18.5 Å². The Labute approximate surface area is 208 Å². The molecule has 1 atom stereocenters. The van der Waals surface area contributed by atoms with Gasteiger partial charge in [0.05, 0.1) is 17.8 Å². The number of benzene rings is 2.